The molecule has 1 atom stereocenters. The molecule has 0 saturated heterocycles. The summed E-state index contributed by atoms with van der Waals surface area (Å²) in [6, 6.07) is 22.6. The number of hydrogen-bond donors (Lipinski definition) is 0. The molecule has 0 saturated carbocycles. The number of aromatic nitrogens is 1. The Morgan fingerprint density at radius 2 is 1.50 bits per heavy atom. The van der Waals surface area contributed by atoms with Gasteiger partial charge in [-0.25, -0.2) is 0 Å². The van der Waals surface area contributed by atoms with E-state index in [-0.39, 0.29) is 0 Å². The highest BCUT2D eigenvalue weighted by Gasteiger charge is 2.16. The minimum absolute atomic E-state index is 0.422. The SMILES string of the molecule is C(#Cc1ccc([N+]2=CCC(c3ccncc3)C=C2)cc1)c1ccccc1. The van der Waals surface area contributed by atoms with Crippen molar-refractivity contribution in [2.24, 2.45) is 0 Å². The molecule has 0 amide bonds. The quantitative estimate of drug-likeness (QED) is 0.481. The van der Waals surface area contributed by atoms with Gasteiger partial charge in [0.25, 0.3) is 0 Å². The fourth-order valence-electron chi connectivity index (χ4n) is 3.00. The van der Waals surface area contributed by atoms with Crippen molar-refractivity contribution >= 4 is 11.9 Å². The molecular formula is C24H19N2+. The molecule has 0 aliphatic carbocycles. The first kappa shape index (κ1) is 16.1. The third-order valence-electron chi connectivity index (χ3n) is 4.46. The molecule has 2 heteroatoms. The second-order valence-electron chi connectivity index (χ2n) is 6.22. The van der Waals surface area contributed by atoms with E-state index in [1.54, 1.807) is 0 Å². The molecule has 1 aliphatic rings. The van der Waals surface area contributed by atoms with Crippen LogP contribution in [0, 0.1) is 11.8 Å². The first-order chi connectivity index (χ1) is 12.9. The third kappa shape index (κ3) is 3.79. The summed E-state index contributed by atoms with van der Waals surface area (Å²) >= 11 is 0. The number of benzene rings is 2. The van der Waals surface area contributed by atoms with Crippen LogP contribution in [0.1, 0.15) is 29.0 Å². The van der Waals surface area contributed by atoms with Crippen molar-refractivity contribution in [3.8, 4) is 11.8 Å². The lowest BCUT2D eigenvalue weighted by Gasteiger charge is -2.12. The second kappa shape index (κ2) is 7.63. The molecule has 0 radical (unpaired) electrons. The summed E-state index contributed by atoms with van der Waals surface area (Å²) in [5.74, 6) is 6.83. The van der Waals surface area contributed by atoms with Crippen molar-refractivity contribution in [3.05, 3.63) is 108 Å². The lowest BCUT2D eigenvalue weighted by Crippen LogP contribution is -2.09. The Bertz CT molecular complexity index is 989. The van der Waals surface area contributed by atoms with Crippen LogP contribution in [0.2, 0.25) is 0 Å². The summed E-state index contributed by atoms with van der Waals surface area (Å²) in [6.45, 7) is 0. The van der Waals surface area contributed by atoms with Crippen molar-refractivity contribution in [3.63, 3.8) is 0 Å². The number of rotatable bonds is 2. The largest absolute Gasteiger partial charge is 0.265 e. The summed E-state index contributed by atoms with van der Waals surface area (Å²) in [5, 5.41) is 0. The van der Waals surface area contributed by atoms with E-state index in [0.717, 1.165) is 23.2 Å². The smallest absolute Gasteiger partial charge is 0.210 e. The van der Waals surface area contributed by atoms with Crippen molar-refractivity contribution in [2.75, 3.05) is 0 Å². The van der Waals surface area contributed by atoms with E-state index in [0.29, 0.717) is 5.92 Å². The van der Waals surface area contributed by atoms with Crippen LogP contribution in [0.25, 0.3) is 0 Å². The van der Waals surface area contributed by atoms with Crippen LogP contribution in [-0.2, 0) is 0 Å². The lowest BCUT2D eigenvalue weighted by atomic mass is 9.96. The van der Waals surface area contributed by atoms with Gasteiger partial charge in [-0.2, -0.15) is 4.58 Å². The highest BCUT2D eigenvalue weighted by atomic mass is 15.0. The van der Waals surface area contributed by atoms with Crippen LogP contribution in [-0.4, -0.2) is 15.8 Å². The Morgan fingerprint density at radius 1 is 0.808 bits per heavy atom. The van der Waals surface area contributed by atoms with E-state index >= 15 is 0 Å². The molecule has 1 aromatic heterocycles. The van der Waals surface area contributed by atoms with Gasteiger partial charge < -0.3 is 0 Å². The van der Waals surface area contributed by atoms with E-state index in [9.17, 15) is 0 Å². The van der Waals surface area contributed by atoms with Gasteiger partial charge in [0.05, 0.1) is 0 Å². The second-order valence-corrected chi connectivity index (χ2v) is 6.22. The van der Waals surface area contributed by atoms with E-state index in [2.05, 4.69) is 76.3 Å². The zero-order valence-corrected chi connectivity index (χ0v) is 14.4. The maximum Gasteiger partial charge on any atom is 0.210 e. The van der Waals surface area contributed by atoms with Crippen LogP contribution >= 0.6 is 0 Å². The normalized spacial score (nSPS) is 15.7. The maximum atomic E-state index is 4.09. The first-order valence-corrected chi connectivity index (χ1v) is 8.75. The average Bonchev–Trinajstić information content (AvgIpc) is 2.74. The van der Waals surface area contributed by atoms with Gasteiger partial charge in [-0.3, -0.25) is 4.98 Å². The van der Waals surface area contributed by atoms with Crippen molar-refractivity contribution < 1.29 is 4.58 Å². The van der Waals surface area contributed by atoms with Crippen molar-refractivity contribution in [1.82, 2.24) is 4.98 Å². The van der Waals surface area contributed by atoms with E-state index < -0.39 is 0 Å². The predicted molar refractivity (Wildman–Crippen MR) is 106 cm³/mol. The Kier molecular flexibility index (Phi) is 4.71. The summed E-state index contributed by atoms with van der Waals surface area (Å²) in [6.07, 6.45) is 11.3. The maximum absolute atomic E-state index is 4.09. The number of allylic oxidation sites excluding steroid dienone is 1. The highest BCUT2D eigenvalue weighted by molar-refractivity contribution is 5.59. The molecule has 2 heterocycles. The topological polar surface area (TPSA) is 15.9 Å². The first-order valence-electron chi connectivity index (χ1n) is 8.75. The Balaban J connectivity index is 1.46. The third-order valence-corrected chi connectivity index (χ3v) is 4.46. The van der Waals surface area contributed by atoms with E-state index in [1.165, 1.54) is 5.56 Å². The number of nitrogens with zero attached hydrogens (tertiary/aromatic N) is 2. The van der Waals surface area contributed by atoms with Gasteiger partial charge in [-0.15, -0.1) is 0 Å². The molecule has 0 spiro atoms. The summed E-state index contributed by atoms with van der Waals surface area (Å²) < 4.78 is 2.17. The fraction of sp³-hybridized carbons (Fsp3) is 0.0833. The van der Waals surface area contributed by atoms with Crippen LogP contribution in [0.4, 0.5) is 5.69 Å². The van der Waals surface area contributed by atoms with Gasteiger partial charge in [0, 0.05) is 48.0 Å². The van der Waals surface area contributed by atoms with Gasteiger partial charge in [0.1, 0.15) is 0 Å². The molecule has 0 fully saturated rings. The van der Waals surface area contributed by atoms with Gasteiger partial charge in [0.2, 0.25) is 5.69 Å². The molecular weight excluding hydrogens is 316 g/mol. The van der Waals surface area contributed by atoms with Crippen LogP contribution in [0.5, 0.6) is 0 Å². The average molecular weight is 335 g/mol. The molecule has 0 bridgehead atoms. The van der Waals surface area contributed by atoms with Gasteiger partial charge in [-0.1, -0.05) is 30.0 Å². The molecule has 2 nitrogen and oxygen atoms in total. The minimum atomic E-state index is 0.422. The van der Waals surface area contributed by atoms with Crippen LogP contribution < -0.4 is 0 Å². The standard InChI is InChI=1S/C24H19N2/c1-2-4-20(5-3-1)6-7-21-8-10-24(11-9-21)26-18-14-23(15-19-26)22-12-16-25-17-13-22/h1-5,8-14,16-19,23H,15H2/q+1. The van der Waals surface area contributed by atoms with Gasteiger partial charge in [0.15, 0.2) is 12.4 Å². The van der Waals surface area contributed by atoms with Crippen LogP contribution in [0.3, 0.4) is 0 Å². The zero-order valence-electron chi connectivity index (χ0n) is 14.4. The van der Waals surface area contributed by atoms with Crippen molar-refractivity contribution in [2.45, 2.75) is 12.3 Å². The molecule has 1 aliphatic heterocycles. The lowest BCUT2D eigenvalue weighted by molar-refractivity contribution is -0.358. The molecule has 3 aromatic rings. The summed E-state index contributed by atoms with van der Waals surface area (Å²) in [4.78, 5) is 4.09. The number of hydrogen-bond acceptors (Lipinski definition) is 1. The highest BCUT2D eigenvalue weighted by Crippen LogP contribution is 2.24. The monoisotopic (exact) mass is 335 g/mol. The Morgan fingerprint density at radius 3 is 2.15 bits per heavy atom. The molecule has 26 heavy (non-hydrogen) atoms. The molecule has 1 unspecified atom stereocenters. The fourth-order valence-corrected chi connectivity index (χ4v) is 3.00. The van der Waals surface area contributed by atoms with E-state index in [4.69, 9.17) is 0 Å². The van der Waals surface area contributed by atoms with Gasteiger partial charge in [-0.05, 0) is 48.0 Å². The predicted octanol–water partition coefficient (Wildman–Crippen LogP) is 4.90. The van der Waals surface area contributed by atoms with Crippen LogP contribution in [0.15, 0.2) is 91.4 Å². The van der Waals surface area contributed by atoms with Crippen molar-refractivity contribution in [1.29, 1.82) is 0 Å². The number of pyridine rings is 1. The van der Waals surface area contributed by atoms with Gasteiger partial charge >= 0.3 is 0 Å². The molecule has 2 aromatic carbocycles. The van der Waals surface area contributed by atoms with E-state index in [1.807, 2.05) is 42.7 Å². The molecule has 4 rings (SSSR count). The molecule has 0 N–H and O–H groups in total. The summed E-state index contributed by atoms with van der Waals surface area (Å²) in [7, 11) is 0. The molecule has 124 valence electrons. The Labute approximate surface area is 154 Å². The Hall–Kier alpha value is -3.44. The minimum Gasteiger partial charge on any atom is -0.265 e. The zero-order chi connectivity index (χ0) is 17.6. The summed E-state index contributed by atoms with van der Waals surface area (Å²) in [5.41, 5.74) is 4.51.